The number of piperazine rings is 1. The van der Waals surface area contributed by atoms with Crippen LogP contribution in [0.5, 0.6) is 0 Å². The number of quaternary nitrogens is 1. The second-order valence-corrected chi connectivity index (χ2v) is 8.21. The number of rotatable bonds is 6. The van der Waals surface area contributed by atoms with E-state index in [2.05, 4.69) is 25.1 Å². The number of nitrogens with one attached hydrogen (secondary N) is 1. The molecule has 10 nitrogen and oxygen atoms in total. The monoisotopic (exact) mass is 428 g/mol. The third kappa shape index (κ3) is 6.55. The number of carbonyl (C=O) groups is 1. The highest BCUT2D eigenvalue weighted by atomic mass is 35.5. The van der Waals surface area contributed by atoms with E-state index in [0.29, 0.717) is 55.2 Å². The Kier molecular flexibility index (Phi) is 8.23. The molecule has 29 heavy (non-hydrogen) atoms. The minimum Gasteiger partial charge on any atom is -1.00 e. The van der Waals surface area contributed by atoms with Crippen LogP contribution in [0.15, 0.2) is 0 Å². The molecule has 3 heterocycles. The molecule has 0 bridgehead atoms. The van der Waals surface area contributed by atoms with Gasteiger partial charge in [-0.1, -0.05) is 0 Å². The lowest BCUT2D eigenvalue weighted by Crippen LogP contribution is -3.00. The van der Waals surface area contributed by atoms with Gasteiger partial charge >= 0.3 is 0 Å². The highest BCUT2D eigenvalue weighted by Crippen LogP contribution is 2.19. The predicted octanol–water partition coefficient (Wildman–Crippen LogP) is -3.50. The summed E-state index contributed by atoms with van der Waals surface area (Å²) in [6.45, 7) is 9.04. The van der Waals surface area contributed by atoms with Gasteiger partial charge in [0.15, 0.2) is 6.54 Å². The topological polar surface area (TPSA) is 86.7 Å². The van der Waals surface area contributed by atoms with Crippen LogP contribution in [-0.2, 0) is 9.53 Å². The first-order valence-corrected chi connectivity index (χ1v) is 10.0. The van der Waals surface area contributed by atoms with Crippen molar-refractivity contribution >= 4 is 23.8 Å². The van der Waals surface area contributed by atoms with Crippen molar-refractivity contribution in [1.29, 1.82) is 0 Å². The molecule has 2 fully saturated rings. The van der Waals surface area contributed by atoms with Gasteiger partial charge in [0.05, 0.1) is 34.4 Å². The Morgan fingerprint density at radius 2 is 1.52 bits per heavy atom. The lowest BCUT2D eigenvalue weighted by atomic mass is 10.3. The number of morpholine rings is 1. The number of anilines is 3. The average Bonchev–Trinajstić information content (AvgIpc) is 2.67. The maximum Gasteiger partial charge on any atom is 0.277 e. The van der Waals surface area contributed by atoms with Crippen molar-refractivity contribution in [3.05, 3.63) is 0 Å². The van der Waals surface area contributed by atoms with E-state index in [1.165, 1.54) is 0 Å². The van der Waals surface area contributed by atoms with Gasteiger partial charge in [-0.15, -0.1) is 0 Å². The number of hydrogen-bond acceptors (Lipinski definition) is 8. The molecule has 1 aromatic rings. The summed E-state index contributed by atoms with van der Waals surface area (Å²) in [6, 6.07) is 0. The van der Waals surface area contributed by atoms with Crippen molar-refractivity contribution < 1.29 is 26.4 Å². The highest BCUT2D eigenvalue weighted by Gasteiger charge is 2.27. The molecule has 2 aliphatic rings. The lowest BCUT2D eigenvalue weighted by molar-refractivity contribution is -0.862. The van der Waals surface area contributed by atoms with Crippen LogP contribution in [0.1, 0.15) is 6.92 Å². The molecule has 164 valence electrons. The Balaban J connectivity index is 0.00000300. The molecule has 11 heteroatoms. The number of carbonyl (C=O) groups excluding carboxylic acids is 1. The third-order valence-corrected chi connectivity index (χ3v) is 4.77. The highest BCUT2D eigenvalue weighted by molar-refractivity contribution is 5.77. The van der Waals surface area contributed by atoms with Crippen LogP contribution in [0.2, 0.25) is 0 Å². The van der Waals surface area contributed by atoms with Crippen molar-refractivity contribution in [2.24, 2.45) is 0 Å². The molecule has 0 aliphatic carbocycles. The van der Waals surface area contributed by atoms with E-state index >= 15 is 0 Å². The molecule has 2 aliphatic heterocycles. The fourth-order valence-electron chi connectivity index (χ4n) is 3.30. The van der Waals surface area contributed by atoms with E-state index < -0.39 is 0 Å². The summed E-state index contributed by atoms with van der Waals surface area (Å²) in [5, 5.41) is 3.21. The second kappa shape index (κ2) is 10.2. The van der Waals surface area contributed by atoms with Gasteiger partial charge in [-0.25, -0.2) is 0 Å². The Morgan fingerprint density at radius 1 is 0.966 bits per heavy atom. The van der Waals surface area contributed by atoms with Crippen LogP contribution in [0.4, 0.5) is 17.8 Å². The molecule has 1 amide bonds. The number of likely N-dealkylation sites (N-methyl/N-ethyl adjacent to an activating group) is 1. The van der Waals surface area contributed by atoms with Crippen molar-refractivity contribution in [2.75, 3.05) is 102 Å². The minimum absolute atomic E-state index is 0. The predicted molar refractivity (Wildman–Crippen MR) is 109 cm³/mol. The van der Waals surface area contributed by atoms with Gasteiger partial charge < -0.3 is 41.6 Å². The third-order valence-electron chi connectivity index (χ3n) is 4.77. The van der Waals surface area contributed by atoms with Gasteiger partial charge in [0.25, 0.3) is 5.91 Å². The molecular formula is C18H33ClN8O2. The number of ether oxygens (including phenoxy) is 1. The maximum absolute atomic E-state index is 12.5. The first kappa shape index (κ1) is 23.4. The molecule has 3 rings (SSSR count). The first-order valence-electron chi connectivity index (χ1n) is 10.0. The summed E-state index contributed by atoms with van der Waals surface area (Å²) >= 11 is 0. The first-order chi connectivity index (χ1) is 13.4. The number of hydrogen-bond donors (Lipinski definition) is 1. The standard InChI is InChI=1S/C18H33N8O2.ClH/c1-5-19-16-20-17(22-18(21-16)25-10-12-28-13-11-25)24-8-6-23(7-9-24)15(27)14-26(2,3)4;/h5-14H2,1-4H3,(H,19,20,21,22);1H/q+1;/p-1. The summed E-state index contributed by atoms with van der Waals surface area (Å²) < 4.78 is 6.08. The largest absolute Gasteiger partial charge is 1.00 e. The number of nitrogens with zero attached hydrogens (tertiary/aromatic N) is 7. The maximum atomic E-state index is 12.5. The van der Waals surface area contributed by atoms with Crippen LogP contribution in [0, 0.1) is 0 Å². The normalized spacial score (nSPS) is 17.7. The number of aromatic nitrogens is 3. The zero-order valence-electron chi connectivity index (χ0n) is 17.9. The Bertz CT molecular complexity index is 670. The molecule has 2 saturated heterocycles. The lowest BCUT2D eigenvalue weighted by Gasteiger charge is -2.36. The van der Waals surface area contributed by atoms with Crippen LogP contribution < -0.4 is 27.5 Å². The molecule has 0 aromatic carbocycles. The second-order valence-electron chi connectivity index (χ2n) is 8.21. The smallest absolute Gasteiger partial charge is 0.277 e. The van der Waals surface area contributed by atoms with Crippen molar-refractivity contribution in [3.63, 3.8) is 0 Å². The van der Waals surface area contributed by atoms with Gasteiger partial charge in [0, 0.05) is 45.8 Å². The van der Waals surface area contributed by atoms with E-state index in [1.54, 1.807) is 0 Å². The van der Waals surface area contributed by atoms with E-state index in [9.17, 15) is 4.79 Å². The molecule has 1 N–H and O–H groups in total. The Labute approximate surface area is 179 Å². The molecule has 0 unspecified atom stereocenters. The number of halogens is 1. The van der Waals surface area contributed by atoms with Crippen LogP contribution in [0.3, 0.4) is 0 Å². The van der Waals surface area contributed by atoms with E-state index in [-0.39, 0.29) is 18.3 Å². The summed E-state index contributed by atoms with van der Waals surface area (Å²) in [5.41, 5.74) is 0. The van der Waals surface area contributed by atoms with Crippen LogP contribution in [0.25, 0.3) is 0 Å². The van der Waals surface area contributed by atoms with Gasteiger partial charge in [-0.2, -0.15) is 15.0 Å². The van der Waals surface area contributed by atoms with Crippen molar-refractivity contribution in [3.8, 4) is 0 Å². The van der Waals surface area contributed by atoms with Gasteiger partial charge in [0.1, 0.15) is 0 Å². The fourth-order valence-corrected chi connectivity index (χ4v) is 3.30. The summed E-state index contributed by atoms with van der Waals surface area (Å²) in [4.78, 5) is 32.6. The minimum atomic E-state index is 0. The Morgan fingerprint density at radius 3 is 2.03 bits per heavy atom. The average molecular weight is 429 g/mol. The molecule has 0 atom stereocenters. The summed E-state index contributed by atoms with van der Waals surface area (Å²) in [5.74, 6) is 2.15. The van der Waals surface area contributed by atoms with Gasteiger partial charge in [-0.3, -0.25) is 4.79 Å². The quantitative estimate of drug-likeness (QED) is 0.467. The van der Waals surface area contributed by atoms with Gasteiger partial charge in [-0.05, 0) is 6.92 Å². The van der Waals surface area contributed by atoms with Crippen LogP contribution in [-0.4, -0.2) is 117 Å². The van der Waals surface area contributed by atoms with Gasteiger partial charge in [0.2, 0.25) is 17.8 Å². The number of amides is 1. The fraction of sp³-hybridized carbons (Fsp3) is 0.778. The molecule has 1 aromatic heterocycles. The molecule has 0 saturated carbocycles. The molecule has 0 spiro atoms. The van der Waals surface area contributed by atoms with E-state index in [1.807, 2.05) is 33.0 Å². The summed E-state index contributed by atoms with van der Waals surface area (Å²) in [7, 11) is 6.11. The Hall–Kier alpha value is -1.91. The van der Waals surface area contributed by atoms with Crippen LogP contribution >= 0.6 is 0 Å². The SMILES string of the molecule is CCNc1nc(N2CCOCC2)nc(N2CCN(C(=O)C[N+](C)(C)C)CC2)n1.[Cl-]. The van der Waals surface area contributed by atoms with Crippen molar-refractivity contribution in [2.45, 2.75) is 6.92 Å². The van der Waals surface area contributed by atoms with E-state index in [4.69, 9.17) is 9.72 Å². The zero-order valence-corrected chi connectivity index (χ0v) is 18.7. The molecule has 0 radical (unpaired) electrons. The van der Waals surface area contributed by atoms with E-state index in [0.717, 1.165) is 32.7 Å². The zero-order chi connectivity index (χ0) is 20.1. The summed E-state index contributed by atoms with van der Waals surface area (Å²) in [6.07, 6.45) is 0. The molecular weight excluding hydrogens is 396 g/mol. The van der Waals surface area contributed by atoms with Crippen molar-refractivity contribution in [1.82, 2.24) is 19.9 Å².